The van der Waals surface area contributed by atoms with Crippen molar-refractivity contribution < 1.29 is 8.42 Å². The second-order valence-corrected chi connectivity index (χ2v) is 4.91. The second kappa shape index (κ2) is 4.90. The van der Waals surface area contributed by atoms with E-state index in [2.05, 4.69) is 14.8 Å². The van der Waals surface area contributed by atoms with Crippen molar-refractivity contribution in [2.45, 2.75) is 25.3 Å². The van der Waals surface area contributed by atoms with E-state index in [0.29, 0.717) is 6.54 Å². The van der Waals surface area contributed by atoms with E-state index in [1.165, 1.54) is 19.9 Å². The second-order valence-electron chi connectivity index (χ2n) is 3.20. The molecule has 0 aromatic carbocycles. The number of hydrogen-bond acceptors (Lipinski definition) is 3. The maximum atomic E-state index is 11.0. The van der Waals surface area contributed by atoms with E-state index < -0.39 is 10.2 Å². The van der Waals surface area contributed by atoms with Crippen LogP contribution in [-0.4, -0.2) is 34.6 Å². The predicted octanol–water partition coefficient (Wildman–Crippen LogP) is -0.818. The molecule has 0 saturated carbocycles. The van der Waals surface area contributed by atoms with Crippen LogP contribution in [0.5, 0.6) is 0 Å². The lowest BCUT2D eigenvalue weighted by molar-refractivity contribution is 0.397. The largest absolute Gasteiger partial charge is 0.313 e. The Labute approximate surface area is 79.5 Å². The minimum atomic E-state index is -3.26. The maximum absolute atomic E-state index is 11.0. The highest BCUT2D eigenvalue weighted by Gasteiger charge is 2.14. The average molecular weight is 207 g/mol. The Morgan fingerprint density at radius 1 is 1.46 bits per heavy atom. The molecular formula is C7H17N3O2S. The Hall–Kier alpha value is -0.170. The molecule has 0 aliphatic carbocycles. The molecule has 0 radical (unpaired) electrons. The van der Waals surface area contributed by atoms with Crippen molar-refractivity contribution in [2.75, 3.05) is 20.1 Å². The number of rotatable bonds is 4. The fourth-order valence-corrected chi connectivity index (χ4v) is 1.95. The lowest BCUT2D eigenvalue weighted by atomic mass is 10.1. The SMILES string of the molecule is CNS(=O)(=O)NCC1CCCCN1. The zero-order valence-corrected chi connectivity index (χ0v) is 8.65. The van der Waals surface area contributed by atoms with Crippen molar-refractivity contribution in [1.29, 1.82) is 0 Å². The van der Waals surface area contributed by atoms with Gasteiger partial charge in [-0.05, 0) is 19.4 Å². The normalized spacial score (nSPS) is 24.5. The van der Waals surface area contributed by atoms with E-state index in [4.69, 9.17) is 0 Å². The standard InChI is InChI=1S/C7H17N3O2S/c1-8-13(11,12)10-6-7-4-2-3-5-9-7/h7-10H,2-6H2,1H3. The summed E-state index contributed by atoms with van der Waals surface area (Å²) in [6, 6.07) is 0.289. The Balaban J connectivity index is 2.25. The van der Waals surface area contributed by atoms with E-state index in [-0.39, 0.29) is 6.04 Å². The molecule has 0 bridgehead atoms. The third-order valence-corrected chi connectivity index (χ3v) is 3.29. The highest BCUT2D eigenvalue weighted by atomic mass is 32.2. The molecule has 1 atom stereocenters. The van der Waals surface area contributed by atoms with Gasteiger partial charge in [-0.1, -0.05) is 6.42 Å². The van der Waals surface area contributed by atoms with E-state index in [9.17, 15) is 8.42 Å². The molecule has 1 aliphatic heterocycles. The summed E-state index contributed by atoms with van der Waals surface area (Å²) in [5, 5.41) is 3.26. The molecule has 78 valence electrons. The minimum Gasteiger partial charge on any atom is -0.313 e. The number of piperidine rings is 1. The van der Waals surface area contributed by atoms with Gasteiger partial charge in [0.1, 0.15) is 0 Å². The molecule has 1 unspecified atom stereocenters. The fourth-order valence-electron chi connectivity index (χ4n) is 1.38. The molecule has 1 fully saturated rings. The molecule has 6 heteroatoms. The molecule has 1 rings (SSSR count). The van der Waals surface area contributed by atoms with Gasteiger partial charge in [-0.15, -0.1) is 0 Å². The average Bonchev–Trinajstić information content (AvgIpc) is 2.17. The fraction of sp³-hybridized carbons (Fsp3) is 1.00. The Bertz CT molecular complexity index is 234. The summed E-state index contributed by atoms with van der Waals surface area (Å²) < 4.78 is 26.7. The lowest BCUT2D eigenvalue weighted by Gasteiger charge is -2.23. The van der Waals surface area contributed by atoms with Crippen molar-refractivity contribution >= 4 is 10.2 Å². The monoisotopic (exact) mass is 207 g/mol. The van der Waals surface area contributed by atoms with Crippen molar-refractivity contribution in [2.24, 2.45) is 0 Å². The van der Waals surface area contributed by atoms with Gasteiger partial charge in [0, 0.05) is 19.6 Å². The highest BCUT2D eigenvalue weighted by molar-refractivity contribution is 7.87. The Morgan fingerprint density at radius 3 is 2.77 bits per heavy atom. The van der Waals surface area contributed by atoms with E-state index in [1.54, 1.807) is 0 Å². The first-order valence-electron chi connectivity index (χ1n) is 4.55. The third-order valence-electron chi connectivity index (χ3n) is 2.20. The van der Waals surface area contributed by atoms with Crippen LogP contribution in [0, 0.1) is 0 Å². The molecule has 1 saturated heterocycles. The topological polar surface area (TPSA) is 70.2 Å². The van der Waals surface area contributed by atoms with Gasteiger partial charge in [0.05, 0.1) is 0 Å². The summed E-state index contributed by atoms with van der Waals surface area (Å²) >= 11 is 0. The van der Waals surface area contributed by atoms with E-state index in [0.717, 1.165) is 13.0 Å². The molecule has 0 aromatic heterocycles. The quantitative estimate of drug-likeness (QED) is 0.564. The first-order chi connectivity index (χ1) is 6.14. The van der Waals surface area contributed by atoms with Gasteiger partial charge in [-0.3, -0.25) is 0 Å². The summed E-state index contributed by atoms with van der Waals surface area (Å²) in [4.78, 5) is 0. The van der Waals surface area contributed by atoms with Crippen molar-refractivity contribution in [3.8, 4) is 0 Å². The van der Waals surface area contributed by atoms with Crippen molar-refractivity contribution in [3.63, 3.8) is 0 Å². The summed E-state index contributed by atoms with van der Waals surface area (Å²) in [6.07, 6.45) is 3.42. The molecule has 5 nitrogen and oxygen atoms in total. The van der Waals surface area contributed by atoms with Crippen LogP contribution in [0.4, 0.5) is 0 Å². The summed E-state index contributed by atoms with van der Waals surface area (Å²) in [5.41, 5.74) is 0. The molecule has 0 spiro atoms. The molecule has 0 amide bonds. The summed E-state index contributed by atoms with van der Waals surface area (Å²) in [6.45, 7) is 1.47. The van der Waals surface area contributed by atoms with Gasteiger partial charge in [0.15, 0.2) is 0 Å². The minimum absolute atomic E-state index is 0.289. The van der Waals surface area contributed by atoms with Crippen LogP contribution in [-0.2, 0) is 10.2 Å². The molecule has 3 N–H and O–H groups in total. The van der Waals surface area contributed by atoms with Gasteiger partial charge in [0.25, 0.3) is 10.2 Å². The predicted molar refractivity (Wildman–Crippen MR) is 51.6 cm³/mol. The number of nitrogens with one attached hydrogen (secondary N) is 3. The van der Waals surface area contributed by atoms with Gasteiger partial charge in [-0.25, -0.2) is 9.44 Å². The van der Waals surface area contributed by atoms with E-state index >= 15 is 0 Å². The van der Waals surface area contributed by atoms with Crippen LogP contribution in [0.3, 0.4) is 0 Å². The van der Waals surface area contributed by atoms with Gasteiger partial charge < -0.3 is 5.32 Å². The van der Waals surface area contributed by atoms with Crippen LogP contribution in [0.15, 0.2) is 0 Å². The zero-order chi connectivity index (χ0) is 9.73. The van der Waals surface area contributed by atoms with Crippen LogP contribution >= 0.6 is 0 Å². The summed E-state index contributed by atoms with van der Waals surface area (Å²) in [5.74, 6) is 0. The highest BCUT2D eigenvalue weighted by Crippen LogP contribution is 2.05. The molecule has 1 heterocycles. The van der Waals surface area contributed by atoms with Gasteiger partial charge in [0.2, 0.25) is 0 Å². The maximum Gasteiger partial charge on any atom is 0.276 e. The van der Waals surface area contributed by atoms with Gasteiger partial charge >= 0.3 is 0 Å². The number of hydrogen-bond donors (Lipinski definition) is 3. The first-order valence-corrected chi connectivity index (χ1v) is 6.04. The molecule has 13 heavy (non-hydrogen) atoms. The van der Waals surface area contributed by atoms with Crippen LogP contribution in [0.1, 0.15) is 19.3 Å². The summed E-state index contributed by atoms with van der Waals surface area (Å²) in [7, 11) is -1.86. The molecule has 1 aliphatic rings. The van der Waals surface area contributed by atoms with Crippen LogP contribution in [0.2, 0.25) is 0 Å². The van der Waals surface area contributed by atoms with E-state index in [1.807, 2.05) is 0 Å². The first kappa shape index (κ1) is 10.9. The van der Waals surface area contributed by atoms with Crippen molar-refractivity contribution in [3.05, 3.63) is 0 Å². The smallest absolute Gasteiger partial charge is 0.276 e. The lowest BCUT2D eigenvalue weighted by Crippen LogP contribution is -2.45. The third kappa shape index (κ3) is 4.04. The van der Waals surface area contributed by atoms with Crippen LogP contribution < -0.4 is 14.8 Å². The van der Waals surface area contributed by atoms with Crippen molar-refractivity contribution in [1.82, 2.24) is 14.8 Å². The Morgan fingerprint density at radius 2 is 2.23 bits per heavy atom. The molecular weight excluding hydrogens is 190 g/mol. The zero-order valence-electron chi connectivity index (χ0n) is 7.84. The van der Waals surface area contributed by atoms with Gasteiger partial charge in [-0.2, -0.15) is 8.42 Å². The Kier molecular flexibility index (Phi) is 4.11. The molecule has 0 aromatic rings. The van der Waals surface area contributed by atoms with Crippen LogP contribution in [0.25, 0.3) is 0 Å².